The molecule has 5 nitrogen and oxygen atoms in total. The minimum absolute atomic E-state index is 0.170. The lowest BCUT2D eigenvalue weighted by Crippen LogP contribution is -2.54. The summed E-state index contributed by atoms with van der Waals surface area (Å²) in [4.78, 5) is 23.4. The summed E-state index contributed by atoms with van der Waals surface area (Å²) in [6, 6.07) is -3.32. The summed E-state index contributed by atoms with van der Waals surface area (Å²) in [5.74, 6) is -0.891. The molecule has 0 aliphatic carbocycles. The molecule has 0 radical (unpaired) electrons. The van der Waals surface area contributed by atoms with Gasteiger partial charge in [-0.15, -0.1) is 0 Å². The van der Waals surface area contributed by atoms with Crippen molar-refractivity contribution >= 4 is 11.9 Å². The molecular weight excluding hydrogens is 239 g/mol. The fourth-order valence-corrected chi connectivity index (χ4v) is 1.62. The van der Waals surface area contributed by atoms with Gasteiger partial charge in [-0.05, 0) is 13.3 Å². The molecule has 98 valence electrons. The van der Waals surface area contributed by atoms with E-state index in [4.69, 9.17) is 5.73 Å². The fourth-order valence-electron chi connectivity index (χ4n) is 1.62. The number of carbonyl (C=O) groups is 2. The Morgan fingerprint density at radius 3 is 2.29 bits per heavy atom. The summed E-state index contributed by atoms with van der Waals surface area (Å²) in [6.45, 7) is 2.15. The Morgan fingerprint density at radius 2 is 2.00 bits per heavy atom. The minimum Gasteiger partial charge on any atom is -0.328 e. The van der Waals surface area contributed by atoms with Crippen molar-refractivity contribution in [1.82, 2.24) is 10.2 Å². The SMILES string of the molecule is CCC1(C)NC(=O)N(C(CN)C(F)(F)F)C1=O. The van der Waals surface area contributed by atoms with E-state index in [1.165, 1.54) is 6.92 Å². The van der Waals surface area contributed by atoms with Crippen molar-refractivity contribution in [3.63, 3.8) is 0 Å². The second-order valence-electron chi connectivity index (χ2n) is 4.08. The first kappa shape index (κ1) is 13.8. The van der Waals surface area contributed by atoms with Gasteiger partial charge in [0.1, 0.15) is 11.6 Å². The standard InChI is InChI=1S/C9H14F3N3O2/c1-3-8(2)6(16)15(7(17)14-8)5(4-13)9(10,11)12/h5H,3-4,13H2,1-2H3,(H,14,17). The van der Waals surface area contributed by atoms with Gasteiger partial charge >= 0.3 is 12.2 Å². The van der Waals surface area contributed by atoms with Crippen LogP contribution in [0, 0.1) is 0 Å². The number of hydrogen-bond acceptors (Lipinski definition) is 3. The van der Waals surface area contributed by atoms with Crippen molar-refractivity contribution in [1.29, 1.82) is 0 Å². The lowest BCUT2D eigenvalue weighted by molar-refractivity contribution is -0.179. The summed E-state index contributed by atoms with van der Waals surface area (Å²) in [5.41, 5.74) is 3.72. The largest absolute Gasteiger partial charge is 0.410 e. The van der Waals surface area contributed by atoms with Gasteiger partial charge in [0, 0.05) is 6.54 Å². The highest BCUT2D eigenvalue weighted by atomic mass is 19.4. The zero-order valence-electron chi connectivity index (χ0n) is 9.47. The van der Waals surface area contributed by atoms with Gasteiger partial charge in [0.2, 0.25) is 0 Å². The van der Waals surface area contributed by atoms with Gasteiger partial charge < -0.3 is 11.1 Å². The number of imide groups is 1. The quantitative estimate of drug-likeness (QED) is 0.723. The Morgan fingerprint density at radius 1 is 1.47 bits per heavy atom. The number of alkyl halides is 3. The van der Waals surface area contributed by atoms with Gasteiger partial charge in [-0.1, -0.05) is 6.92 Å². The second kappa shape index (κ2) is 4.17. The molecule has 0 aromatic carbocycles. The van der Waals surface area contributed by atoms with E-state index in [9.17, 15) is 22.8 Å². The smallest absolute Gasteiger partial charge is 0.328 e. The Kier molecular flexibility index (Phi) is 3.37. The van der Waals surface area contributed by atoms with Gasteiger partial charge in [0.25, 0.3) is 5.91 Å². The highest BCUT2D eigenvalue weighted by molar-refractivity contribution is 6.07. The van der Waals surface area contributed by atoms with E-state index < -0.39 is 36.2 Å². The van der Waals surface area contributed by atoms with Crippen LogP contribution in [0.25, 0.3) is 0 Å². The molecule has 2 atom stereocenters. The summed E-state index contributed by atoms with van der Waals surface area (Å²) >= 11 is 0. The lowest BCUT2D eigenvalue weighted by atomic mass is 9.99. The van der Waals surface area contributed by atoms with Crippen LogP contribution in [0.3, 0.4) is 0 Å². The van der Waals surface area contributed by atoms with Crippen molar-refractivity contribution in [3.05, 3.63) is 0 Å². The number of rotatable bonds is 3. The monoisotopic (exact) mass is 253 g/mol. The van der Waals surface area contributed by atoms with Gasteiger partial charge in [0.05, 0.1) is 0 Å². The van der Waals surface area contributed by atoms with E-state index in [1.807, 2.05) is 0 Å². The van der Waals surface area contributed by atoms with Crippen molar-refractivity contribution in [3.8, 4) is 0 Å². The molecule has 8 heteroatoms. The van der Waals surface area contributed by atoms with E-state index in [1.54, 1.807) is 6.92 Å². The highest BCUT2D eigenvalue weighted by Crippen LogP contribution is 2.30. The average molecular weight is 253 g/mol. The molecule has 0 saturated carbocycles. The van der Waals surface area contributed by atoms with Crippen LogP contribution in [0.15, 0.2) is 0 Å². The molecule has 1 fully saturated rings. The normalized spacial score (nSPS) is 27.3. The first-order valence-electron chi connectivity index (χ1n) is 5.10. The van der Waals surface area contributed by atoms with Crippen LogP contribution in [0.4, 0.5) is 18.0 Å². The topological polar surface area (TPSA) is 75.4 Å². The molecule has 3 N–H and O–H groups in total. The number of halogens is 3. The molecule has 0 aromatic rings. The fraction of sp³-hybridized carbons (Fsp3) is 0.778. The number of hydrogen-bond donors (Lipinski definition) is 2. The van der Waals surface area contributed by atoms with E-state index in [-0.39, 0.29) is 11.3 Å². The summed E-state index contributed by atoms with van der Waals surface area (Å²) < 4.78 is 37.9. The van der Waals surface area contributed by atoms with Crippen LogP contribution in [-0.2, 0) is 4.79 Å². The van der Waals surface area contributed by atoms with Gasteiger partial charge in [0.15, 0.2) is 0 Å². The van der Waals surface area contributed by atoms with Crippen LogP contribution in [0.2, 0.25) is 0 Å². The summed E-state index contributed by atoms with van der Waals surface area (Å²) in [5, 5.41) is 2.25. The molecule has 3 amide bonds. The summed E-state index contributed by atoms with van der Waals surface area (Å²) in [7, 11) is 0. The maximum atomic E-state index is 12.6. The predicted molar refractivity (Wildman–Crippen MR) is 53.0 cm³/mol. The number of nitrogens with zero attached hydrogens (tertiary/aromatic N) is 1. The Balaban J connectivity index is 3.07. The van der Waals surface area contributed by atoms with Crippen molar-refractivity contribution in [2.24, 2.45) is 5.73 Å². The molecule has 17 heavy (non-hydrogen) atoms. The van der Waals surface area contributed by atoms with Crippen molar-refractivity contribution in [2.45, 2.75) is 38.0 Å². The number of carbonyl (C=O) groups excluding carboxylic acids is 2. The summed E-state index contributed by atoms with van der Waals surface area (Å²) in [6.07, 6.45) is -4.51. The molecule has 1 aliphatic rings. The molecule has 1 aliphatic heterocycles. The first-order chi connectivity index (χ1) is 7.67. The zero-order valence-corrected chi connectivity index (χ0v) is 9.47. The average Bonchev–Trinajstić information content (AvgIpc) is 2.42. The van der Waals surface area contributed by atoms with Gasteiger partial charge in [-0.2, -0.15) is 13.2 Å². The number of amides is 3. The number of nitrogens with one attached hydrogen (secondary N) is 1. The Hall–Kier alpha value is -1.31. The van der Waals surface area contributed by atoms with Gasteiger partial charge in [-0.25, -0.2) is 9.69 Å². The molecule has 0 spiro atoms. The predicted octanol–water partition coefficient (Wildman–Crippen LogP) is 0.597. The second-order valence-corrected chi connectivity index (χ2v) is 4.08. The molecule has 0 bridgehead atoms. The van der Waals surface area contributed by atoms with Crippen LogP contribution in [0.1, 0.15) is 20.3 Å². The lowest BCUT2D eigenvalue weighted by Gasteiger charge is -2.27. The maximum absolute atomic E-state index is 12.6. The third kappa shape index (κ3) is 2.21. The molecule has 1 heterocycles. The highest BCUT2D eigenvalue weighted by Gasteiger charge is 2.55. The van der Waals surface area contributed by atoms with Crippen molar-refractivity contribution in [2.75, 3.05) is 6.54 Å². The van der Waals surface area contributed by atoms with Crippen molar-refractivity contribution < 1.29 is 22.8 Å². The first-order valence-corrected chi connectivity index (χ1v) is 5.10. The minimum atomic E-state index is -4.72. The van der Waals surface area contributed by atoms with Gasteiger partial charge in [-0.3, -0.25) is 4.79 Å². The Bertz CT molecular complexity index is 345. The molecule has 0 aromatic heterocycles. The number of urea groups is 1. The van der Waals surface area contributed by atoms with E-state index in [2.05, 4.69) is 5.32 Å². The Labute approximate surface area is 96.1 Å². The van der Waals surface area contributed by atoms with E-state index >= 15 is 0 Å². The maximum Gasteiger partial charge on any atom is 0.410 e. The molecular formula is C9H14F3N3O2. The van der Waals surface area contributed by atoms with Crippen LogP contribution < -0.4 is 11.1 Å². The van der Waals surface area contributed by atoms with E-state index in [0.29, 0.717) is 0 Å². The van der Waals surface area contributed by atoms with Crippen LogP contribution in [-0.4, -0.2) is 41.1 Å². The van der Waals surface area contributed by atoms with Crippen LogP contribution >= 0.6 is 0 Å². The molecule has 2 unspecified atom stereocenters. The van der Waals surface area contributed by atoms with Crippen LogP contribution in [0.5, 0.6) is 0 Å². The molecule has 1 rings (SSSR count). The zero-order chi connectivity index (χ0) is 13.4. The molecule has 1 saturated heterocycles. The number of nitrogens with two attached hydrogens (primary N) is 1. The third-order valence-corrected chi connectivity index (χ3v) is 2.91. The van der Waals surface area contributed by atoms with E-state index in [0.717, 1.165) is 0 Å². The third-order valence-electron chi connectivity index (χ3n) is 2.91.